The van der Waals surface area contributed by atoms with Crippen molar-refractivity contribution in [2.75, 3.05) is 0 Å². The molecule has 1 aromatic carbocycles. The number of pyridine rings is 1. The van der Waals surface area contributed by atoms with Crippen molar-refractivity contribution in [3.05, 3.63) is 54.6 Å². The Balaban J connectivity index is 2.43. The zero-order valence-electron chi connectivity index (χ0n) is 11.7. The summed E-state index contributed by atoms with van der Waals surface area (Å²) < 4.78 is 37.4. The minimum Gasteiger partial charge on any atom is -0.324 e. The molecular formula is C13H15FNO6P2+. The maximum Gasteiger partial charge on any atom is 0.347 e. The second-order valence-corrected chi connectivity index (χ2v) is 8.97. The molecule has 0 aliphatic heterocycles. The quantitative estimate of drug-likeness (QED) is 0.472. The molecule has 0 amide bonds. The molecule has 23 heavy (non-hydrogen) atoms. The summed E-state index contributed by atoms with van der Waals surface area (Å²) in [5.41, 5.74) is 1.07. The molecule has 0 aliphatic carbocycles. The molecule has 0 saturated heterocycles. The van der Waals surface area contributed by atoms with E-state index >= 15 is 0 Å². The highest BCUT2D eigenvalue weighted by atomic mass is 31.2. The SMILES string of the molecule is O=P(O)(O)C(C[n+]1cc(F)cc(-c2ccccc2)c1)P(=O)(O)O. The Labute approximate surface area is 131 Å². The second-order valence-electron chi connectivity index (χ2n) is 4.96. The zero-order chi connectivity index (χ0) is 17.3. The fourth-order valence-corrected chi connectivity index (χ4v) is 4.46. The fourth-order valence-electron chi connectivity index (χ4n) is 2.09. The van der Waals surface area contributed by atoms with Crippen molar-refractivity contribution in [2.45, 2.75) is 11.9 Å². The van der Waals surface area contributed by atoms with E-state index in [1.165, 1.54) is 12.3 Å². The van der Waals surface area contributed by atoms with Crippen LogP contribution >= 0.6 is 15.2 Å². The molecule has 0 radical (unpaired) electrons. The Morgan fingerprint density at radius 2 is 1.52 bits per heavy atom. The maximum atomic E-state index is 13.7. The van der Waals surface area contributed by atoms with E-state index in [1.54, 1.807) is 30.3 Å². The van der Waals surface area contributed by atoms with Crippen LogP contribution in [0.5, 0.6) is 0 Å². The van der Waals surface area contributed by atoms with Gasteiger partial charge in [0.05, 0.1) is 0 Å². The van der Waals surface area contributed by atoms with Crippen molar-refractivity contribution in [1.82, 2.24) is 0 Å². The van der Waals surface area contributed by atoms with Crippen LogP contribution in [0.1, 0.15) is 0 Å². The molecule has 2 rings (SSSR count). The summed E-state index contributed by atoms with van der Waals surface area (Å²) in [7, 11) is -10.1. The van der Waals surface area contributed by atoms with Crippen LogP contribution in [-0.2, 0) is 15.7 Å². The van der Waals surface area contributed by atoms with Gasteiger partial charge < -0.3 is 19.6 Å². The molecule has 0 atom stereocenters. The molecule has 0 bridgehead atoms. The van der Waals surface area contributed by atoms with Crippen molar-refractivity contribution in [2.24, 2.45) is 0 Å². The molecule has 0 spiro atoms. The van der Waals surface area contributed by atoms with Crippen LogP contribution in [0.4, 0.5) is 4.39 Å². The van der Waals surface area contributed by atoms with Crippen molar-refractivity contribution in [3.8, 4) is 11.1 Å². The maximum absolute atomic E-state index is 13.7. The number of aromatic nitrogens is 1. The first-order chi connectivity index (χ1) is 10.6. The number of hydrogen-bond donors (Lipinski definition) is 4. The average molecular weight is 362 g/mol. The van der Waals surface area contributed by atoms with Gasteiger partial charge in [0.25, 0.3) is 0 Å². The summed E-state index contributed by atoms with van der Waals surface area (Å²) >= 11 is 0. The van der Waals surface area contributed by atoms with E-state index < -0.39 is 33.0 Å². The third kappa shape index (κ3) is 4.78. The third-order valence-electron chi connectivity index (χ3n) is 3.15. The first-order valence-electron chi connectivity index (χ1n) is 6.43. The monoisotopic (exact) mass is 362 g/mol. The third-order valence-corrected chi connectivity index (χ3v) is 6.83. The van der Waals surface area contributed by atoms with Crippen LogP contribution in [0.3, 0.4) is 0 Å². The van der Waals surface area contributed by atoms with E-state index in [9.17, 15) is 13.5 Å². The summed E-state index contributed by atoms with van der Waals surface area (Å²) in [6.07, 6.45) is 2.29. The Bertz CT molecular complexity index is 766. The Hall–Kier alpha value is -1.40. The Kier molecular flexibility index (Phi) is 5.16. The highest BCUT2D eigenvalue weighted by Crippen LogP contribution is 2.59. The van der Waals surface area contributed by atoms with Gasteiger partial charge in [-0.1, -0.05) is 30.3 Å². The van der Waals surface area contributed by atoms with Gasteiger partial charge in [0.1, 0.15) is 0 Å². The molecule has 0 unspecified atom stereocenters. The molecule has 7 nitrogen and oxygen atoms in total. The summed E-state index contributed by atoms with van der Waals surface area (Å²) in [5, 5.41) is -2.23. The van der Waals surface area contributed by atoms with Crippen LogP contribution < -0.4 is 4.57 Å². The van der Waals surface area contributed by atoms with Gasteiger partial charge in [-0.25, -0.2) is 8.96 Å². The van der Waals surface area contributed by atoms with E-state index in [-0.39, 0.29) is 0 Å². The molecule has 124 valence electrons. The van der Waals surface area contributed by atoms with Crippen LogP contribution in [0.2, 0.25) is 0 Å². The van der Waals surface area contributed by atoms with E-state index in [0.717, 1.165) is 10.8 Å². The van der Waals surface area contributed by atoms with Gasteiger partial charge in [-0.2, -0.15) is 0 Å². The van der Waals surface area contributed by atoms with Gasteiger partial charge in [0, 0.05) is 5.56 Å². The molecule has 0 fully saturated rings. The van der Waals surface area contributed by atoms with Gasteiger partial charge in [0.2, 0.25) is 11.6 Å². The van der Waals surface area contributed by atoms with Crippen molar-refractivity contribution in [1.29, 1.82) is 0 Å². The lowest BCUT2D eigenvalue weighted by Gasteiger charge is -2.16. The molecule has 1 aromatic heterocycles. The van der Waals surface area contributed by atoms with E-state index in [4.69, 9.17) is 19.6 Å². The minimum absolute atomic E-state index is 0.417. The normalized spacial score (nSPS) is 12.6. The average Bonchev–Trinajstić information content (AvgIpc) is 2.43. The highest BCUT2D eigenvalue weighted by molar-refractivity contribution is 7.70. The molecule has 10 heteroatoms. The Morgan fingerprint density at radius 1 is 0.957 bits per heavy atom. The highest BCUT2D eigenvalue weighted by Gasteiger charge is 2.46. The van der Waals surface area contributed by atoms with Gasteiger partial charge in [-0.15, -0.1) is 0 Å². The van der Waals surface area contributed by atoms with Crippen LogP contribution in [0, 0.1) is 5.82 Å². The predicted octanol–water partition coefficient (Wildman–Crippen LogP) is 1.46. The van der Waals surface area contributed by atoms with Crippen molar-refractivity contribution < 1.29 is 37.7 Å². The number of benzene rings is 1. The van der Waals surface area contributed by atoms with Gasteiger partial charge >= 0.3 is 15.2 Å². The lowest BCUT2D eigenvalue weighted by Crippen LogP contribution is -2.39. The first kappa shape index (κ1) is 17.9. The molecule has 0 saturated carbocycles. The smallest absolute Gasteiger partial charge is 0.324 e. The molecular weight excluding hydrogens is 347 g/mol. The van der Waals surface area contributed by atoms with Crippen molar-refractivity contribution >= 4 is 15.2 Å². The predicted molar refractivity (Wildman–Crippen MR) is 79.9 cm³/mol. The van der Waals surface area contributed by atoms with Crippen LogP contribution in [0.25, 0.3) is 11.1 Å². The fraction of sp³-hybridized carbons (Fsp3) is 0.154. The number of halogens is 1. The topological polar surface area (TPSA) is 119 Å². The van der Waals surface area contributed by atoms with Gasteiger partial charge in [-0.3, -0.25) is 9.13 Å². The van der Waals surface area contributed by atoms with Crippen LogP contribution in [-0.4, -0.2) is 25.0 Å². The first-order valence-corrected chi connectivity index (χ1v) is 9.79. The zero-order valence-corrected chi connectivity index (χ0v) is 13.5. The van der Waals surface area contributed by atoms with Crippen molar-refractivity contribution in [3.63, 3.8) is 0 Å². The Morgan fingerprint density at radius 3 is 2.04 bits per heavy atom. The number of rotatable bonds is 5. The molecule has 2 aromatic rings. The molecule has 4 N–H and O–H groups in total. The molecule has 0 aliphatic rings. The summed E-state index contributed by atoms with van der Waals surface area (Å²) in [6.45, 7) is -0.716. The lowest BCUT2D eigenvalue weighted by atomic mass is 10.1. The van der Waals surface area contributed by atoms with E-state index in [2.05, 4.69) is 0 Å². The summed E-state index contributed by atoms with van der Waals surface area (Å²) in [4.78, 5) is 36.6. The number of hydrogen-bond acceptors (Lipinski definition) is 2. The second kappa shape index (κ2) is 6.61. The van der Waals surface area contributed by atoms with Crippen LogP contribution in [0.15, 0.2) is 48.8 Å². The summed E-state index contributed by atoms with van der Waals surface area (Å²) in [6, 6.07) is 9.88. The standard InChI is InChI=1S/C13H14FNO6P2/c14-12-6-11(10-4-2-1-3-5-10)7-15(8-12)9-13(22(16,17)18)23(19,20)21/h1-8,13H,9H2,(H3-,16,17,18,19,20,21)/p+1. The van der Waals surface area contributed by atoms with Gasteiger partial charge in [-0.05, 0) is 11.6 Å². The molecule has 1 heterocycles. The summed E-state index contributed by atoms with van der Waals surface area (Å²) in [5.74, 6) is -0.693. The lowest BCUT2D eigenvalue weighted by molar-refractivity contribution is -0.695. The number of nitrogens with zero attached hydrogens (tertiary/aromatic N) is 1. The minimum atomic E-state index is -5.07. The largest absolute Gasteiger partial charge is 0.347 e. The van der Waals surface area contributed by atoms with E-state index in [1.807, 2.05) is 0 Å². The van der Waals surface area contributed by atoms with E-state index in [0.29, 0.717) is 11.1 Å². The van der Waals surface area contributed by atoms with Gasteiger partial charge in [0.15, 0.2) is 18.6 Å².